The average molecular weight is 360 g/mol. The average Bonchev–Trinajstić information content (AvgIpc) is 2.65. The van der Waals surface area contributed by atoms with Crippen molar-refractivity contribution < 1.29 is 19.4 Å². The highest BCUT2D eigenvalue weighted by molar-refractivity contribution is 6.08. The number of fused-ring (bicyclic) bond motifs is 2. The Morgan fingerprint density at radius 1 is 1.07 bits per heavy atom. The summed E-state index contributed by atoms with van der Waals surface area (Å²) in [6.07, 6.45) is 0. The first-order valence-corrected chi connectivity index (χ1v) is 8.25. The van der Waals surface area contributed by atoms with E-state index in [-0.39, 0.29) is 5.56 Å². The van der Waals surface area contributed by atoms with E-state index in [0.29, 0.717) is 28.0 Å². The van der Waals surface area contributed by atoms with Gasteiger partial charge in [-0.25, -0.2) is 4.79 Å². The normalized spacial score (nSPS) is 11.0. The fourth-order valence-corrected chi connectivity index (χ4v) is 3.29. The van der Waals surface area contributed by atoms with E-state index in [2.05, 4.69) is 4.89 Å². The molecule has 0 spiro atoms. The monoisotopic (exact) mass is 360 g/mol. The lowest BCUT2D eigenvalue weighted by atomic mass is 9.90. The number of hydrogen-bond donors (Lipinski definition) is 3. The van der Waals surface area contributed by atoms with Crippen LogP contribution in [-0.4, -0.2) is 11.2 Å². The van der Waals surface area contributed by atoms with Crippen molar-refractivity contribution in [2.24, 2.45) is 0 Å². The highest BCUT2D eigenvalue weighted by atomic mass is 17.1. The fraction of sp³-hybridized carbons (Fsp3) is 0.0476. The lowest BCUT2D eigenvalue weighted by Crippen LogP contribution is -2.06. The Morgan fingerprint density at radius 2 is 1.85 bits per heavy atom. The molecule has 1 aliphatic heterocycles. The fourth-order valence-electron chi connectivity index (χ4n) is 3.29. The Hall–Kier alpha value is -3.64. The van der Waals surface area contributed by atoms with E-state index >= 15 is 0 Å². The Bertz CT molecular complexity index is 1230. The lowest BCUT2D eigenvalue weighted by molar-refractivity contribution is -0.182. The molecule has 4 N–H and O–H groups in total. The van der Waals surface area contributed by atoms with Crippen LogP contribution in [0.1, 0.15) is 15.9 Å². The van der Waals surface area contributed by atoms with Crippen LogP contribution in [0.15, 0.2) is 59.0 Å². The molecule has 0 saturated carbocycles. The van der Waals surface area contributed by atoms with Crippen molar-refractivity contribution in [2.45, 2.75) is 6.92 Å². The smallest absolute Gasteiger partial charge is 0.373 e. The number of hydrogen-bond acceptors (Lipinski definition) is 6. The molecule has 0 unspecified atom stereocenters. The summed E-state index contributed by atoms with van der Waals surface area (Å²) in [4.78, 5) is 16.2. The largest absolute Gasteiger partial charge is 0.456 e. The zero-order valence-electron chi connectivity index (χ0n) is 14.4. The third kappa shape index (κ3) is 2.82. The minimum Gasteiger partial charge on any atom is -0.456 e. The standard InChI is InChI=1S/C21H16N2O4/c1-11-2-5-14(17(8-11)21(24)27-25)20-15-6-3-12(22)9-18(15)26-19-10-13(23)4-7-16(19)20/h2-10,22,25H,23H2,1H3. The van der Waals surface area contributed by atoms with Crippen LogP contribution in [0.25, 0.3) is 33.4 Å². The van der Waals surface area contributed by atoms with Crippen molar-refractivity contribution in [3.8, 4) is 22.5 Å². The van der Waals surface area contributed by atoms with Gasteiger partial charge in [-0.3, -0.25) is 4.89 Å². The summed E-state index contributed by atoms with van der Waals surface area (Å²) in [6.45, 7) is 1.85. The zero-order valence-corrected chi connectivity index (χ0v) is 14.4. The molecule has 0 bridgehead atoms. The van der Waals surface area contributed by atoms with Crippen LogP contribution in [0.4, 0.5) is 5.69 Å². The first-order chi connectivity index (χ1) is 13.0. The molecule has 2 aliphatic rings. The molecule has 1 aliphatic carbocycles. The number of anilines is 1. The molecule has 0 atom stereocenters. The van der Waals surface area contributed by atoms with Gasteiger partial charge in [0.1, 0.15) is 11.3 Å². The van der Waals surface area contributed by atoms with E-state index in [1.807, 2.05) is 19.1 Å². The van der Waals surface area contributed by atoms with Gasteiger partial charge in [0, 0.05) is 34.3 Å². The minimum atomic E-state index is -0.844. The van der Waals surface area contributed by atoms with Gasteiger partial charge in [-0.2, -0.15) is 5.26 Å². The van der Waals surface area contributed by atoms with Gasteiger partial charge in [0.05, 0.1) is 10.9 Å². The van der Waals surface area contributed by atoms with Crippen LogP contribution < -0.4 is 11.1 Å². The number of nitrogen functional groups attached to an aromatic ring is 1. The molecule has 0 fully saturated rings. The number of carbonyl (C=O) groups excluding carboxylic acids is 1. The van der Waals surface area contributed by atoms with E-state index in [9.17, 15) is 4.79 Å². The van der Waals surface area contributed by atoms with Gasteiger partial charge >= 0.3 is 5.97 Å². The second-order valence-corrected chi connectivity index (χ2v) is 6.37. The predicted molar refractivity (Wildman–Crippen MR) is 101 cm³/mol. The summed E-state index contributed by atoms with van der Waals surface area (Å²) in [5.74, 6) is -0.345. The molecule has 0 aromatic heterocycles. The van der Waals surface area contributed by atoms with Gasteiger partial charge in [-0.15, -0.1) is 0 Å². The third-order valence-corrected chi connectivity index (χ3v) is 4.49. The summed E-state index contributed by atoms with van der Waals surface area (Å²) in [6, 6.07) is 15.7. The number of nitrogens with one attached hydrogen (secondary N) is 1. The second-order valence-electron chi connectivity index (χ2n) is 6.37. The highest BCUT2D eigenvalue weighted by Gasteiger charge is 2.22. The van der Waals surface area contributed by atoms with Gasteiger partial charge in [0.15, 0.2) is 0 Å². The molecule has 1 heterocycles. The lowest BCUT2D eigenvalue weighted by Gasteiger charge is -2.17. The second kappa shape index (κ2) is 6.26. The molecular formula is C21H16N2O4. The van der Waals surface area contributed by atoms with Crippen LogP contribution >= 0.6 is 0 Å². The van der Waals surface area contributed by atoms with Crippen molar-refractivity contribution in [1.29, 1.82) is 5.41 Å². The van der Waals surface area contributed by atoms with Crippen molar-refractivity contribution in [3.05, 3.63) is 71.1 Å². The van der Waals surface area contributed by atoms with Crippen LogP contribution in [0.3, 0.4) is 0 Å². The quantitative estimate of drug-likeness (QED) is 0.215. The number of nitrogens with two attached hydrogens (primary N) is 1. The van der Waals surface area contributed by atoms with Crippen LogP contribution in [0.5, 0.6) is 0 Å². The van der Waals surface area contributed by atoms with Gasteiger partial charge in [-0.1, -0.05) is 17.7 Å². The van der Waals surface area contributed by atoms with Crippen molar-refractivity contribution in [1.82, 2.24) is 0 Å². The molecule has 6 nitrogen and oxygen atoms in total. The number of benzene rings is 3. The van der Waals surface area contributed by atoms with Crippen molar-refractivity contribution in [2.75, 3.05) is 5.73 Å². The molecule has 27 heavy (non-hydrogen) atoms. The molecule has 0 saturated heterocycles. The van der Waals surface area contributed by atoms with Gasteiger partial charge in [0.25, 0.3) is 0 Å². The summed E-state index contributed by atoms with van der Waals surface area (Å²) in [5.41, 5.74) is 10.1. The highest BCUT2D eigenvalue weighted by Crippen LogP contribution is 2.41. The van der Waals surface area contributed by atoms with E-state index in [0.717, 1.165) is 22.1 Å². The third-order valence-electron chi connectivity index (χ3n) is 4.49. The van der Waals surface area contributed by atoms with Crippen LogP contribution in [0.2, 0.25) is 0 Å². The molecule has 134 valence electrons. The molecule has 2 aromatic rings. The first-order valence-electron chi connectivity index (χ1n) is 8.25. The number of carbonyl (C=O) groups is 1. The molecular weight excluding hydrogens is 344 g/mol. The zero-order chi connectivity index (χ0) is 19.1. The molecule has 0 radical (unpaired) electrons. The minimum absolute atomic E-state index is 0.234. The van der Waals surface area contributed by atoms with Crippen LogP contribution in [0, 0.1) is 12.3 Å². The van der Waals surface area contributed by atoms with E-state index in [4.69, 9.17) is 20.8 Å². The maximum absolute atomic E-state index is 12.2. The summed E-state index contributed by atoms with van der Waals surface area (Å²) >= 11 is 0. The van der Waals surface area contributed by atoms with E-state index in [1.165, 1.54) is 0 Å². The summed E-state index contributed by atoms with van der Waals surface area (Å²) in [5, 5.41) is 17.9. The first kappa shape index (κ1) is 16.8. The van der Waals surface area contributed by atoms with Crippen LogP contribution in [-0.2, 0) is 4.89 Å². The molecule has 0 amide bonds. The number of rotatable bonds is 2. The molecule has 6 heteroatoms. The topological polar surface area (TPSA) is 110 Å². The van der Waals surface area contributed by atoms with Gasteiger partial charge < -0.3 is 15.6 Å². The Labute approximate surface area is 154 Å². The maximum Gasteiger partial charge on any atom is 0.373 e. The molecule has 2 aromatic carbocycles. The number of aryl methyl sites for hydroxylation is 1. The summed E-state index contributed by atoms with van der Waals surface area (Å²) in [7, 11) is 0. The predicted octanol–water partition coefficient (Wildman–Crippen LogP) is 4.20. The van der Waals surface area contributed by atoms with Crippen molar-refractivity contribution in [3.63, 3.8) is 0 Å². The van der Waals surface area contributed by atoms with Gasteiger partial charge in [-0.05, 0) is 42.8 Å². The molecule has 4 rings (SSSR count). The van der Waals surface area contributed by atoms with Gasteiger partial charge in [0.2, 0.25) is 0 Å². The van der Waals surface area contributed by atoms with Crippen molar-refractivity contribution >= 4 is 22.6 Å². The Balaban J connectivity index is 2.18. The maximum atomic E-state index is 12.2. The Kier molecular flexibility index (Phi) is 3.90. The Morgan fingerprint density at radius 3 is 2.63 bits per heavy atom. The van der Waals surface area contributed by atoms with E-state index in [1.54, 1.807) is 42.5 Å². The van der Waals surface area contributed by atoms with E-state index < -0.39 is 5.97 Å². The SMILES string of the molecule is Cc1ccc(-c2c3ccc(=N)cc-3oc3cc(N)ccc23)c(C(=O)OO)c1. The summed E-state index contributed by atoms with van der Waals surface area (Å²) < 4.78 is 5.95.